The van der Waals surface area contributed by atoms with E-state index in [1.54, 1.807) is 18.2 Å². The minimum atomic E-state index is -0.488. The Bertz CT molecular complexity index is 992. The number of ether oxygens (including phenoxy) is 1. The molecule has 1 N–H and O–H groups in total. The number of rotatable bonds is 5. The Balaban J connectivity index is 1.42. The van der Waals surface area contributed by atoms with Crippen LogP contribution in [0.4, 0.5) is 10.5 Å². The number of carbonyl (C=O) groups excluding carboxylic acids is 2. The van der Waals surface area contributed by atoms with Crippen LogP contribution in [0.5, 0.6) is 0 Å². The summed E-state index contributed by atoms with van der Waals surface area (Å²) in [7, 11) is 0. The number of anilines is 1. The molecule has 4 rings (SSSR count). The van der Waals surface area contributed by atoms with Crippen molar-refractivity contribution in [2.45, 2.75) is 5.92 Å². The molecule has 3 aromatic carbocycles. The molecule has 0 aromatic heterocycles. The van der Waals surface area contributed by atoms with Crippen molar-refractivity contribution in [2.24, 2.45) is 0 Å². The fourth-order valence-corrected chi connectivity index (χ4v) is 3.58. The molecule has 0 spiro atoms. The smallest absolute Gasteiger partial charge is 0.411 e. The van der Waals surface area contributed by atoms with Crippen LogP contribution in [0.2, 0.25) is 0 Å². The first-order valence-corrected chi connectivity index (χ1v) is 9.10. The van der Waals surface area contributed by atoms with Crippen molar-refractivity contribution in [1.82, 2.24) is 0 Å². The second-order valence-corrected chi connectivity index (χ2v) is 6.57. The van der Waals surface area contributed by atoms with E-state index in [1.807, 2.05) is 36.4 Å². The molecule has 0 atom stereocenters. The third-order valence-electron chi connectivity index (χ3n) is 4.87. The minimum absolute atomic E-state index is 0.0361. The lowest BCUT2D eigenvalue weighted by Gasteiger charge is -2.14. The van der Waals surface area contributed by atoms with Gasteiger partial charge in [0.15, 0.2) is 0 Å². The van der Waals surface area contributed by atoms with Crippen LogP contribution in [0.15, 0.2) is 78.9 Å². The molecule has 0 aliphatic heterocycles. The van der Waals surface area contributed by atoms with E-state index in [1.165, 1.54) is 28.3 Å². The summed E-state index contributed by atoms with van der Waals surface area (Å²) >= 11 is 0. The molecule has 0 radical (unpaired) electrons. The summed E-state index contributed by atoms with van der Waals surface area (Å²) < 4.78 is 5.53. The van der Waals surface area contributed by atoms with Crippen molar-refractivity contribution < 1.29 is 14.3 Å². The van der Waals surface area contributed by atoms with Gasteiger partial charge in [-0.2, -0.15) is 0 Å². The monoisotopic (exact) mass is 369 g/mol. The highest BCUT2D eigenvalue weighted by Crippen LogP contribution is 2.44. The van der Waals surface area contributed by atoms with Crippen LogP contribution in [0.3, 0.4) is 0 Å². The average molecular weight is 369 g/mol. The summed E-state index contributed by atoms with van der Waals surface area (Å²) in [6, 6.07) is 23.6. The number of fused-ring (bicyclic) bond motifs is 3. The number of carbonyl (C=O) groups is 2. The summed E-state index contributed by atoms with van der Waals surface area (Å²) in [6.07, 6.45) is 3.36. The second kappa shape index (κ2) is 7.92. The van der Waals surface area contributed by atoms with E-state index < -0.39 is 6.09 Å². The van der Waals surface area contributed by atoms with Gasteiger partial charge in [0.1, 0.15) is 12.9 Å². The number of hydrogen-bond acceptors (Lipinski definition) is 3. The number of benzene rings is 3. The van der Waals surface area contributed by atoms with Gasteiger partial charge in [0.05, 0.1) is 0 Å². The van der Waals surface area contributed by atoms with Gasteiger partial charge in [-0.3, -0.25) is 10.1 Å². The Hall–Kier alpha value is -3.66. The van der Waals surface area contributed by atoms with Crippen molar-refractivity contribution in [1.29, 1.82) is 0 Å². The molecule has 138 valence electrons. The maximum absolute atomic E-state index is 12.3. The molecular weight excluding hydrogens is 350 g/mol. The van der Waals surface area contributed by atoms with E-state index in [-0.39, 0.29) is 12.5 Å². The standard InChI is InChI=1S/C24H19NO3/c26-15-5-6-17-11-13-18(14-12-17)25-24(27)28-16-23-21-9-3-1-7-19(21)20-8-2-4-10-22(20)23/h1-15,23H,16H2,(H,25,27)/b6-5+. The van der Waals surface area contributed by atoms with Crippen LogP contribution in [0.1, 0.15) is 22.6 Å². The van der Waals surface area contributed by atoms with Crippen molar-refractivity contribution in [3.8, 4) is 11.1 Å². The molecule has 1 amide bonds. The molecule has 0 saturated carbocycles. The summed E-state index contributed by atoms with van der Waals surface area (Å²) in [5.74, 6) is 0.0361. The second-order valence-electron chi connectivity index (χ2n) is 6.57. The fourth-order valence-electron chi connectivity index (χ4n) is 3.58. The van der Waals surface area contributed by atoms with Crippen LogP contribution in [0, 0.1) is 0 Å². The Kier molecular flexibility index (Phi) is 5.02. The predicted octanol–water partition coefficient (Wildman–Crippen LogP) is 5.26. The van der Waals surface area contributed by atoms with E-state index in [0.717, 1.165) is 11.8 Å². The van der Waals surface area contributed by atoms with Crippen molar-refractivity contribution in [3.63, 3.8) is 0 Å². The number of aldehydes is 1. The highest BCUT2D eigenvalue weighted by molar-refractivity contribution is 5.85. The van der Waals surface area contributed by atoms with Crippen molar-refractivity contribution in [2.75, 3.05) is 11.9 Å². The molecule has 0 unspecified atom stereocenters. The molecule has 1 aliphatic carbocycles. The Morgan fingerprint density at radius 1 is 0.893 bits per heavy atom. The van der Waals surface area contributed by atoms with Crippen LogP contribution in [0.25, 0.3) is 17.2 Å². The highest BCUT2D eigenvalue weighted by Gasteiger charge is 2.28. The lowest BCUT2D eigenvalue weighted by Crippen LogP contribution is -2.17. The summed E-state index contributed by atoms with van der Waals surface area (Å²) in [5.41, 5.74) is 6.29. The quantitative estimate of drug-likeness (QED) is 0.493. The lowest BCUT2D eigenvalue weighted by molar-refractivity contribution is -0.104. The van der Waals surface area contributed by atoms with Gasteiger partial charge >= 0.3 is 6.09 Å². The molecule has 1 aliphatic rings. The normalized spacial score (nSPS) is 12.4. The van der Waals surface area contributed by atoms with E-state index in [9.17, 15) is 9.59 Å². The average Bonchev–Trinajstić information content (AvgIpc) is 3.06. The topological polar surface area (TPSA) is 55.4 Å². The molecule has 28 heavy (non-hydrogen) atoms. The molecule has 0 saturated heterocycles. The molecule has 0 fully saturated rings. The number of amides is 1. The van der Waals surface area contributed by atoms with Crippen LogP contribution in [-0.4, -0.2) is 19.0 Å². The maximum atomic E-state index is 12.3. The fraction of sp³-hybridized carbons (Fsp3) is 0.0833. The lowest BCUT2D eigenvalue weighted by atomic mass is 9.98. The van der Waals surface area contributed by atoms with Crippen LogP contribution >= 0.6 is 0 Å². The van der Waals surface area contributed by atoms with Gasteiger partial charge in [0.2, 0.25) is 0 Å². The largest absolute Gasteiger partial charge is 0.448 e. The first kappa shape index (κ1) is 17.7. The first-order valence-electron chi connectivity index (χ1n) is 9.10. The zero-order valence-electron chi connectivity index (χ0n) is 15.2. The van der Waals surface area contributed by atoms with E-state index in [0.29, 0.717) is 5.69 Å². The molecule has 0 bridgehead atoms. The molecule has 4 heteroatoms. The van der Waals surface area contributed by atoms with Gasteiger partial charge < -0.3 is 4.74 Å². The highest BCUT2D eigenvalue weighted by atomic mass is 16.5. The number of nitrogens with one attached hydrogen (secondary N) is 1. The number of allylic oxidation sites excluding steroid dienone is 1. The molecule has 3 aromatic rings. The Morgan fingerprint density at radius 3 is 2.11 bits per heavy atom. The zero-order chi connectivity index (χ0) is 19.3. The van der Waals surface area contributed by atoms with Gasteiger partial charge in [-0.05, 0) is 46.0 Å². The third kappa shape index (κ3) is 3.58. The van der Waals surface area contributed by atoms with Crippen LogP contribution in [-0.2, 0) is 9.53 Å². The SMILES string of the molecule is O=C/C=C/c1ccc(NC(=O)OCC2c3ccccc3-c3ccccc32)cc1. The van der Waals surface area contributed by atoms with Gasteiger partial charge in [-0.15, -0.1) is 0 Å². The zero-order valence-corrected chi connectivity index (χ0v) is 15.2. The molecular formula is C24H19NO3. The molecule has 0 heterocycles. The third-order valence-corrected chi connectivity index (χ3v) is 4.87. The Labute approximate surface area is 163 Å². The summed E-state index contributed by atoms with van der Waals surface area (Å²) in [6.45, 7) is 0.278. The van der Waals surface area contributed by atoms with Crippen LogP contribution < -0.4 is 5.32 Å². The van der Waals surface area contributed by atoms with Gasteiger partial charge in [0.25, 0.3) is 0 Å². The summed E-state index contributed by atoms with van der Waals surface area (Å²) in [4.78, 5) is 22.6. The van der Waals surface area contributed by atoms with Crippen molar-refractivity contribution >= 4 is 24.1 Å². The van der Waals surface area contributed by atoms with E-state index in [4.69, 9.17) is 4.74 Å². The predicted molar refractivity (Wildman–Crippen MR) is 110 cm³/mol. The maximum Gasteiger partial charge on any atom is 0.411 e. The van der Waals surface area contributed by atoms with Gasteiger partial charge in [-0.25, -0.2) is 4.79 Å². The van der Waals surface area contributed by atoms with Gasteiger partial charge in [-0.1, -0.05) is 66.7 Å². The first-order chi connectivity index (χ1) is 13.8. The summed E-state index contributed by atoms with van der Waals surface area (Å²) in [5, 5.41) is 2.74. The molecule has 4 nitrogen and oxygen atoms in total. The number of hydrogen-bond donors (Lipinski definition) is 1. The van der Waals surface area contributed by atoms with E-state index >= 15 is 0 Å². The minimum Gasteiger partial charge on any atom is -0.448 e. The van der Waals surface area contributed by atoms with Crippen molar-refractivity contribution in [3.05, 3.63) is 95.6 Å². The van der Waals surface area contributed by atoms with Gasteiger partial charge in [0, 0.05) is 11.6 Å². The Morgan fingerprint density at radius 2 is 1.50 bits per heavy atom. The van der Waals surface area contributed by atoms with E-state index in [2.05, 4.69) is 29.6 Å².